The van der Waals surface area contributed by atoms with Gasteiger partial charge in [0.1, 0.15) is 6.54 Å². The molecule has 0 bridgehead atoms. The van der Waals surface area contributed by atoms with Gasteiger partial charge in [0.2, 0.25) is 11.8 Å². The Balaban J connectivity index is 2.08. The van der Waals surface area contributed by atoms with E-state index in [1.54, 1.807) is 36.5 Å². The highest BCUT2D eigenvalue weighted by molar-refractivity contribution is 6.40. The molecule has 23 heavy (non-hydrogen) atoms. The smallest absolute Gasteiger partial charge is 0.240 e. The van der Waals surface area contributed by atoms with Crippen LogP contribution in [0.5, 0.6) is 0 Å². The number of hydrogen-bond acceptors (Lipinski definition) is 3. The number of anilines is 1. The van der Waals surface area contributed by atoms with E-state index in [9.17, 15) is 9.59 Å². The van der Waals surface area contributed by atoms with Crippen molar-refractivity contribution >= 4 is 40.7 Å². The molecule has 0 fully saturated rings. The summed E-state index contributed by atoms with van der Waals surface area (Å²) in [6, 6.07) is 10.3. The van der Waals surface area contributed by atoms with E-state index in [1.807, 2.05) is 6.07 Å². The number of halogens is 2. The van der Waals surface area contributed by atoms with Crippen LogP contribution in [0, 0.1) is 0 Å². The average Bonchev–Trinajstić information content (AvgIpc) is 2.52. The zero-order valence-corrected chi connectivity index (χ0v) is 13.9. The summed E-state index contributed by atoms with van der Waals surface area (Å²) in [5, 5.41) is 3.33. The van der Waals surface area contributed by atoms with Crippen LogP contribution in [0.4, 0.5) is 5.69 Å². The Labute approximate surface area is 144 Å². The average molecular weight is 352 g/mol. The van der Waals surface area contributed by atoms with Gasteiger partial charge < -0.3 is 10.2 Å². The first-order chi connectivity index (χ1) is 11.0. The number of nitrogens with one attached hydrogen (secondary N) is 1. The van der Waals surface area contributed by atoms with Gasteiger partial charge in [-0.1, -0.05) is 35.3 Å². The second kappa shape index (κ2) is 7.94. The molecule has 2 amide bonds. The van der Waals surface area contributed by atoms with Crippen molar-refractivity contribution in [2.45, 2.75) is 13.5 Å². The molecule has 1 N–H and O–H groups in total. The lowest BCUT2D eigenvalue weighted by Crippen LogP contribution is -2.40. The molecule has 1 heterocycles. The van der Waals surface area contributed by atoms with E-state index in [-0.39, 0.29) is 24.9 Å². The molecule has 0 aliphatic carbocycles. The van der Waals surface area contributed by atoms with Crippen LogP contribution in [-0.2, 0) is 16.1 Å². The van der Waals surface area contributed by atoms with Gasteiger partial charge in [-0.15, -0.1) is 0 Å². The van der Waals surface area contributed by atoms with E-state index in [0.717, 1.165) is 5.69 Å². The monoisotopic (exact) mass is 351 g/mol. The normalized spacial score (nSPS) is 10.2. The Hall–Kier alpha value is -2.11. The van der Waals surface area contributed by atoms with E-state index in [2.05, 4.69) is 10.3 Å². The van der Waals surface area contributed by atoms with Crippen LogP contribution < -0.4 is 10.2 Å². The van der Waals surface area contributed by atoms with Crippen molar-refractivity contribution in [1.29, 1.82) is 0 Å². The molecule has 1 aromatic heterocycles. The summed E-state index contributed by atoms with van der Waals surface area (Å²) in [6.45, 7) is 1.46. The van der Waals surface area contributed by atoms with Gasteiger partial charge in [-0.05, 0) is 24.3 Å². The predicted octanol–water partition coefficient (Wildman–Crippen LogP) is 3.06. The maximum absolute atomic E-state index is 12.1. The highest BCUT2D eigenvalue weighted by Crippen LogP contribution is 2.33. The molecule has 0 aliphatic rings. The number of nitrogens with zero attached hydrogens (tertiary/aromatic N) is 2. The fraction of sp³-hybridized carbons (Fsp3) is 0.188. The summed E-state index contributed by atoms with van der Waals surface area (Å²) in [5.41, 5.74) is 1.06. The molecule has 0 saturated carbocycles. The third-order valence-corrected chi connectivity index (χ3v) is 3.69. The van der Waals surface area contributed by atoms with Crippen LogP contribution in [0.1, 0.15) is 12.6 Å². The van der Waals surface area contributed by atoms with E-state index in [0.29, 0.717) is 15.7 Å². The number of para-hydroxylation sites is 1. The second-order valence-electron chi connectivity index (χ2n) is 4.77. The zero-order valence-electron chi connectivity index (χ0n) is 12.4. The van der Waals surface area contributed by atoms with Crippen LogP contribution in [0.25, 0.3) is 0 Å². The Morgan fingerprint density at radius 1 is 1.13 bits per heavy atom. The van der Waals surface area contributed by atoms with Crippen LogP contribution in [0.3, 0.4) is 0 Å². The number of aromatic nitrogens is 1. The van der Waals surface area contributed by atoms with Crippen LogP contribution in [0.15, 0.2) is 42.6 Å². The molecule has 0 atom stereocenters. The fourth-order valence-electron chi connectivity index (χ4n) is 1.99. The molecule has 7 heteroatoms. The molecule has 120 valence electrons. The first-order valence-corrected chi connectivity index (χ1v) is 7.63. The fourth-order valence-corrected chi connectivity index (χ4v) is 2.59. The lowest BCUT2D eigenvalue weighted by atomic mass is 10.2. The molecule has 0 radical (unpaired) electrons. The lowest BCUT2D eigenvalue weighted by Gasteiger charge is -2.22. The quantitative estimate of drug-likeness (QED) is 0.900. The molecule has 1 aromatic carbocycles. The van der Waals surface area contributed by atoms with Crippen LogP contribution in [-0.4, -0.2) is 23.3 Å². The first kappa shape index (κ1) is 17.2. The minimum atomic E-state index is -0.332. The van der Waals surface area contributed by atoms with Crippen molar-refractivity contribution in [2.75, 3.05) is 11.4 Å². The highest BCUT2D eigenvalue weighted by Gasteiger charge is 2.20. The second-order valence-corrected chi connectivity index (χ2v) is 5.59. The minimum Gasteiger partial charge on any atom is -0.349 e. The largest absolute Gasteiger partial charge is 0.349 e. The maximum Gasteiger partial charge on any atom is 0.240 e. The summed E-state index contributed by atoms with van der Waals surface area (Å²) in [6.07, 6.45) is 1.65. The van der Waals surface area contributed by atoms with Gasteiger partial charge in [-0.3, -0.25) is 14.6 Å². The van der Waals surface area contributed by atoms with E-state index in [4.69, 9.17) is 23.2 Å². The van der Waals surface area contributed by atoms with E-state index < -0.39 is 0 Å². The first-order valence-electron chi connectivity index (χ1n) is 6.87. The summed E-state index contributed by atoms with van der Waals surface area (Å²) in [5.74, 6) is -0.658. The predicted molar refractivity (Wildman–Crippen MR) is 90.6 cm³/mol. The van der Waals surface area contributed by atoms with Gasteiger partial charge in [0.05, 0.1) is 28.0 Å². The number of pyridine rings is 1. The van der Waals surface area contributed by atoms with Gasteiger partial charge in [-0.2, -0.15) is 0 Å². The number of rotatable bonds is 5. The Bertz CT molecular complexity index is 687. The van der Waals surface area contributed by atoms with Crippen molar-refractivity contribution in [2.24, 2.45) is 0 Å². The van der Waals surface area contributed by atoms with Gasteiger partial charge in [0.15, 0.2) is 0 Å². The minimum absolute atomic E-state index is 0.175. The molecule has 0 aliphatic heterocycles. The molecular formula is C16H15Cl2N3O2. The van der Waals surface area contributed by atoms with E-state index in [1.165, 1.54) is 11.8 Å². The third kappa shape index (κ3) is 4.68. The highest BCUT2D eigenvalue weighted by atomic mass is 35.5. The van der Waals surface area contributed by atoms with Gasteiger partial charge in [0.25, 0.3) is 0 Å². The molecule has 2 rings (SSSR count). The van der Waals surface area contributed by atoms with Crippen molar-refractivity contribution in [1.82, 2.24) is 10.3 Å². The Morgan fingerprint density at radius 2 is 1.83 bits per heavy atom. The van der Waals surface area contributed by atoms with Crippen LogP contribution in [0.2, 0.25) is 10.0 Å². The number of hydrogen-bond donors (Lipinski definition) is 1. The zero-order chi connectivity index (χ0) is 16.8. The van der Waals surface area contributed by atoms with Crippen molar-refractivity contribution in [3.63, 3.8) is 0 Å². The van der Waals surface area contributed by atoms with Gasteiger partial charge in [-0.25, -0.2) is 0 Å². The molecular weight excluding hydrogens is 337 g/mol. The summed E-state index contributed by atoms with van der Waals surface area (Å²) in [7, 11) is 0. The number of carbonyl (C=O) groups is 2. The molecule has 5 nitrogen and oxygen atoms in total. The standard InChI is InChI=1S/C16H15Cl2N3O2/c1-11(22)21(16-13(17)6-4-7-14(16)18)10-15(23)20-9-12-5-2-3-8-19-12/h2-8H,9-10H2,1H3,(H,20,23). The molecule has 2 aromatic rings. The summed E-state index contributed by atoms with van der Waals surface area (Å²) < 4.78 is 0. The number of benzene rings is 1. The third-order valence-electron chi connectivity index (χ3n) is 3.08. The lowest BCUT2D eigenvalue weighted by molar-refractivity contribution is -0.123. The maximum atomic E-state index is 12.1. The van der Waals surface area contributed by atoms with Gasteiger partial charge >= 0.3 is 0 Å². The van der Waals surface area contributed by atoms with Gasteiger partial charge in [0, 0.05) is 13.1 Å². The number of amides is 2. The number of carbonyl (C=O) groups excluding carboxylic acids is 2. The Kier molecular flexibility index (Phi) is 5.96. The molecule has 0 saturated heterocycles. The summed E-state index contributed by atoms with van der Waals surface area (Å²) >= 11 is 12.2. The van der Waals surface area contributed by atoms with Crippen molar-refractivity contribution < 1.29 is 9.59 Å². The Morgan fingerprint density at radius 3 is 2.39 bits per heavy atom. The van der Waals surface area contributed by atoms with Crippen molar-refractivity contribution in [3.05, 3.63) is 58.3 Å². The SMILES string of the molecule is CC(=O)N(CC(=O)NCc1ccccn1)c1c(Cl)cccc1Cl. The van der Waals surface area contributed by atoms with Crippen molar-refractivity contribution in [3.8, 4) is 0 Å². The summed E-state index contributed by atoms with van der Waals surface area (Å²) in [4.78, 5) is 29.3. The van der Waals surface area contributed by atoms with E-state index >= 15 is 0 Å². The molecule has 0 unspecified atom stereocenters. The topological polar surface area (TPSA) is 62.3 Å². The van der Waals surface area contributed by atoms with Crippen LogP contribution >= 0.6 is 23.2 Å². The molecule has 0 spiro atoms.